The third-order valence-corrected chi connectivity index (χ3v) is 4.99. The lowest BCUT2D eigenvalue weighted by atomic mass is 10.2. The van der Waals surface area contributed by atoms with Crippen molar-refractivity contribution in [1.29, 1.82) is 0 Å². The zero-order valence-electron chi connectivity index (χ0n) is 14.4. The highest BCUT2D eigenvalue weighted by Crippen LogP contribution is 2.36. The molecule has 1 atom stereocenters. The van der Waals surface area contributed by atoms with Gasteiger partial charge in [0.05, 0.1) is 16.5 Å². The number of carbonyl (C=O) groups is 3. The Hall–Kier alpha value is -2.80. The average Bonchev–Trinajstić information content (AvgIpc) is 2.63. The van der Waals surface area contributed by atoms with Gasteiger partial charge < -0.3 is 15.4 Å². The monoisotopic (exact) mass is 370 g/mol. The minimum absolute atomic E-state index is 0.0889. The Morgan fingerprint density at radius 2 is 1.85 bits per heavy atom. The van der Waals surface area contributed by atoms with Gasteiger partial charge in [-0.1, -0.05) is 0 Å². The van der Waals surface area contributed by atoms with Crippen LogP contribution in [0.4, 0.5) is 5.69 Å². The van der Waals surface area contributed by atoms with E-state index in [9.17, 15) is 14.4 Å². The van der Waals surface area contributed by atoms with Crippen LogP contribution in [0.2, 0.25) is 0 Å². The van der Waals surface area contributed by atoms with E-state index in [0.29, 0.717) is 29.1 Å². The summed E-state index contributed by atoms with van der Waals surface area (Å²) in [5.41, 5.74) is 1.44. The number of esters is 1. The average molecular weight is 370 g/mol. The van der Waals surface area contributed by atoms with Crippen LogP contribution in [0.3, 0.4) is 0 Å². The molecule has 1 heterocycles. The number of anilines is 1. The number of amides is 2. The van der Waals surface area contributed by atoms with E-state index < -0.39 is 5.97 Å². The minimum atomic E-state index is -0.531. The molecule has 0 aliphatic carbocycles. The Morgan fingerprint density at radius 3 is 2.54 bits per heavy atom. The molecule has 134 valence electrons. The molecule has 0 saturated carbocycles. The first-order chi connectivity index (χ1) is 12.5. The Labute approximate surface area is 155 Å². The van der Waals surface area contributed by atoms with E-state index in [0.717, 1.165) is 4.90 Å². The smallest absolute Gasteiger partial charge is 0.343 e. The highest BCUT2D eigenvalue weighted by molar-refractivity contribution is 8.00. The third kappa shape index (κ3) is 3.88. The molecule has 0 radical (unpaired) electrons. The van der Waals surface area contributed by atoms with Crippen LogP contribution in [-0.2, 0) is 4.79 Å². The lowest BCUT2D eigenvalue weighted by Crippen LogP contribution is -2.26. The van der Waals surface area contributed by atoms with Crippen LogP contribution < -0.4 is 15.4 Å². The van der Waals surface area contributed by atoms with Crippen molar-refractivity contribution in [1.82, 2.24) is 5.32 Å². The topological polar surface area (TPSA) is 84.5 Å². The van der Waals surface area contributed by atoms with Gasteiger partial charge in [-0.3, -0.25) is 9.59 Å². The Bertz CT molecular complexity index is 864. The maximum Gasteiger partial charge on any atom is 0.343 e. The fourth-order valence-corrected chi connectivity index (χ4v) is 3.37. The van der Waals surface area contributed by atoms with Crippen molar-refractivity contribution < 1.29 is 19.1 Å². The number of rotatable bonds is 4. The van der Waals surface area contributed by atoms with Crippen LogP contribution in [-0.4, -0.2) is 29.6 Å². The van der Waals surface area contributed by atoms with Gasteiger partial charge in [0.15, 0.2) is 0 Å². The molecule has 3 rings (SSSR count). The summed E-state index contributed by atoms with van der Waals surface area (Å²) in [5.74, 6) is -0.458. The molecular formula is C19H18N2O4S. The van der Waals surface area contributed by atoms with Crippen molar-refractivity contribution >= 4 is 35.2 Å². The van der Waals surface area contributed by atoms with E-state index in [1.165, 1.54) is 11.8 Å². The molecule has 1 aliphatic heterocycles. The van der Waals surface area contributed by atoms with E-state index in [1.807, 2.05) is 13.8 Å². The van der Waals surface area contributed by atoms with Crippen molar-refractivity contribution in [2.24, 2.45) is 0 Å². The lowest BCUT2D eigenvalue weighted by molar-refractivity contribution is -0.115. The summed E-state index contributed by atoms with van der Waals surface area (Å²) in [4.78, 5) is 36.8. The predicted molar refractivity (Wildman–Crippen MR) is 99.8 cm³/mol. The molecule has 1 aliphatic rings. The van der Waals surface area contributed by atoms with Gasteiger partial charge >= 0.3 is 5.97 Å². The molecule has 0 spiro atoms. The van der Waals surface area contributed by atoms with E-state index in [-0.39, 0.29) is 17.1 Å². The molecule has 2 amide bonds. The second-order valence-electron chi connectivity index (χ2n) is 5.73. The number of ether oxygens (including phenoxy) is 1. The van der Waals surface area contributed by atoms with Gasteiger partial charge in [-0.15, -0.1) is 11.8 Å². The SMILES string of the molecule is CCNC(=O)c1ccc(OC(=O)c2ccc3c(c2)NC(=O)[C@H](C)S3)cc1. The molecule has 0 bridgehead atoms. The number of benzene rings is 2. The van der Waals surface area contributed by atoms with Crippen LogP contribution in [0, 0.1) is 0 Å². The quantitative estimate of drug-likeness (QED) is 0.638. The third-order valence-electron chi connectivity index (χ3n) is 3.81. The van der Waals surface area contributed by atoms with Gasteiger partial charge in [-0.2, -0.15) is 0 Å². The Balaban J connectivity index is 1.71. The van der Waals surface area contributed by atoms with Crippen LogP contribution in [0.15, 0.2) is 47.4 Å². The summed E-state index contributed by atoms with van der Waals surface area (Å²) < 4.78 is 5.34. The number of nitrogens with one attached hydrogen (secondary N) is 2. The maximum absolute atomic E-state index is 12.3. The fourth-order valence-electron chi connectivity index (χ4n) is 2.44. The van der Waals surface area contributed by atoms with E-state index in [1.54, 1.807) is 42.5 Å². The van der Waals surface area contributed by atoms with Gasteiger partial charge in [-0.25, -0.2) is 4.79 Å². The van der Waals surface area contributed by atoms with Crippen molar-refractivity contribution in [2.45, 2.75) is 24.0 Å². The Morgan fingerprint density at radius 1 is 1.15 bits per heavy atom. The normalized spacial score (nSPS) is 15.6. The number of hydrogen-bond donors (Lipinski definition) is 2. The van der Waals surface area contributed by atoms with Crippen molar-refractivity contribution in [3.05, 3.63) is 53.6 Å². The highest BCUT2D eigenvalue weighted by atomic mass is 32.2. The molecule has 2 aromatic rings. The van der Waals surface area contributed by atoms with Gasteiger partial charge in [0.25, 0.3) is 5.91 Å². The molecule has 0 unspecified atom stereocenters. The summed E-state index contributed by atoms with van der Waals surface area (Å²) in [6.07, 6.45) is 0. The van der Waals surface area contributed by atoms with Gasteiger partial charge in [0.2, 0.25) is 5.91 Å². The molecule has 6 nitrogen and oxygen atoms in total. The van der Waals surface area contributed by atoms with Crippen LogP contribution in [0.25, 0.3) is 0 Å². The van der Waals surface area contributed by atoms with E-state index in [4.69, 9.17) is 4.74 Å². The second-order valence-corrected chi connectivity index (χ2v) is 7.12. The first kappa shape index (κ1) is 18.0. The number of hydrogen-bond acceptors (Lipinski definition) is 5. The molecule has 2 aromatic carbocycles. The summed E-state index contributed by atoms with van der Waals surface area (Å²) in [6, 6.07) is 11.4. The van der Waals surface area contributed by atoms with Crippen molar-refractivity contribution in [3.8, 4) is 5.75 Å². The molecular weight excluding hydrogens is 352 g/mol. The first-order valence-corrected chi connectivity index (χ1v) is 9.08. The largest absolute Gasteiger partial charge is 0.423 e. The Kier molecular flexibility index (Phi) is 5.27. The first-order valence-electron chi connectivity index (χ1n) is 8.20. The maximum atomic E-state index is 12.3. The summed E-state index contributed by atoms with van der Waals surface area (Å²) in [5, 5.41) is 5.33. The van der Waals surface area contributed by atoms with Gasteiger partial charge in [-0.05, 0) is 56.3 Å². The second kappa shape index (κ2) is 7.61. The van der Waals surface area contributed by atoms with E-state index >= 15 is 0 Å². The summed E-state index contributed by atoms with van der Waals surface area (Å²) >= 11 is 1.45. The van der Waals surface area contributed by atoms with E-state index in [2.05, 4.69) is 10.6 Å². The zero-order valence-corrected chi connectivity index (χ0v) is 15.2. The molecule has 0 saturated heterocycles. The number of fused-ring (bicyclic) bond motifs is 1. The van der Waals surface area contributed by atoms with Crippen LogP contribution >= 0.6 is 11.8 Å². The fraction of sp³-hybridized carbons (Fsp3) is 0.211. The number of thioether (sulfide) groups is 1. The van der Waals surface area contributed by atoms with Crippen molar-refractivity contribution in [2.75, 3.05) is 11.9 Å². The predicted octanol–water partition coefficient (Wildman–Crippen LogP) is 3.09. The molecule has 7 heteroatoms. The van der Waals surface area contributed by atoms with Gasteiger partial charge in [0, 0.05) is 17.0 Å². The molecule has 2 N–H and O–H groups in total. The summed E-state index contributed by atoms with van der Waals surface area (Å²) in [7, 11) is 0. The molecule has 26 heavy (non-hydrogen) atoms. The van der Waals surface area contributed by atoms with Gasteiger partial charge in [0.1, 0.15) is 5.75 Å². The lowest BCUT2D eigenvalue weighted by Gasteiger charge is -2.21. The highest BCUT2D eigenvalue weighted by Gasteiger charge is 2.24. The van der Waals surface area contributed by atoms with Crippen molar-refractivity contribution in [3.63, 3.8) is 0 Å². The molecule has 0 aromatic heterocycles. The standard InChI is InChI=1S/C19H18N2O4S/c1-3-20-18(23)12-4-7-14(8-5-12)25-19(24)13-6-9-16-15(10-13)21-17(22)11(2)26-16/h4-11H,3H2,1-2H3,(H,20,23)(H,21,22)/t11-/m0/s1. The molecule has 0 fully saturated rings. The summed E-state index contributed by atoms with van der Waals surface area (Å²) in [6.45, 7) is 4.21. The number of carbonyl (C=O) groups excluding carboxylic acids is 3. The zero-order chi connectivity index (χ0) is 18.7. The van der Waals surface area contributed by atoms with Crippen LogP contribution in [0.5, 0.6) is 5.75 Å². The minimum Gasteiger partial charge on any atom is -0.423 e. The van der Waals surface area contributed by atoms with Crippen LogP contribution in [0.1, 0.15) is 34.6 Å².